The predicted molar refractivity (Wildman–Crippen MR) is 113 cm³/mol. The normalized spacial score (nSPS) is 17.6. The van der Waals surface area contributed by atoms with E-state index in [9.17, 15) is 4.39 Å². The maximum Gasteiger partial charge on any atom is 0.191 e. The van der Waals surface area contributed by atoms with Crippen LogP contribution >= 0.6 is 0 Å². The number of benzene rings is 2. The monoisotopic (exact) mass is 378 g/mol. The zero-order valence-electron chi connectivity index (χ0n) is 16.3. The fraction of sp³-hybridized carbons (Fsp3) is 0.348. The third-order valence-corrected chi connectivity index (χ3v) is 5.69. The van der Waals surface area contributed by atoms with Crippen molar-refractivity contribution >= 4 is 11.6 Å². The largest absolute Gasteiger partial charge is 0.364 e. The third-order valence-electron chi connectivity index (χ3n) is 5.69. The molecule has 1 heterocycles. The Morgan fingerprint density at radius 1 is 1.07 bits per heavy atom. The van der Waals surface area contributed by atoms with E-state index in [2.05, 4.69) is 56.9 Å². The maximum absolute atomic E-state index is 13.6. The van der Waals surface area contributed by atoms with Crippen LogP contribution < -0.4 is 15.5 Å². The van der Waals surface area contributed by atoms with Crippen LogP contribution in [0.5, 0.6) is 0 Å². The van der Waals surface area contributed by atoms with Gasteiger partial charge in [-0.2, -0.15) is 0 Å². The number of anilines is 1. The van der Waals surface area contributed by atoms with Gasteiger partial charge >= 0.3 is 0 Å². The number of halogens is 1. The fourth-order valence-corrected chi connectivity index (χ4v) is 3.71. The van der Waals surface area contributed by atoms with Gasteiger partial charge < -0.3 is 15.5 Å². The lowest BCUT2D eigenvalue weighted by Gasteiger charge is -2.20. The van der Waals surface area contributed by atoms with E-state index in [0.717, 1.165) is 44.0 Å². The first kappa shape index (κ1) is 18.5. The summed E-state index contributed by atoms with van der Waals surface area (Å²) < 4.78 is 13.6. The molecule has 1 saturated carbocycles. The van der Waals surface area contributed by atoms with Crippen molar-refractivity contribution in [3.8, 4) is 0 Å². The number of hydrogen-bond donors (Lipinski definition) is 2. The highest BCUT2D eigenvalue weighted by Crippen LogP contribution is 2.47. The standard InChI is InChI=1S/C23H27FN4/c1-25-22(27-17-23(11-12-23)19-5-4-6-20(24)15-19)26-16-18-7-9-21(10-8-18)28-13-2-3-14-28/h2-10,15H,11-14,16-17H2,1H3,(H2,25,26,27). The molecule has 1 aliphatic carbocycles. The van der Waals surface area contributed by atoms with Crippen molar-refractivity contribution in [2.75, 3.05) is 31.6 Å². The van der Waals surface area contributed by atoms with E-state index in [-0.39, 0.29) is 11.2 Å². The Bertz CT molecular complexity index is 860. The lowest BCUT2D eigenvalue weighted by atomic mass is 9.96. The molecule has 0 amide bonds. The number of hydrogen-bond acceptors (Lipinski definition) is 2. The Morgan fingerprint density at radius 2 is 1.82 bits per heavy atom. The quantitative estimate of drug-likeness (QED) is 0.458. The summed E-state index contributed by atoms with van der Waals surface area (Å²) >= 11 is 0. The minimum Gasteiger partial charge on any atom is -0.364 e. The van der Waals surface area contributed by atoms with Crippen LogP contribution in [0.3, 0.4) is 0 Å². The lowest BCUT2D eigenvalue weighted by molar-refractivity contribution is 0.607. The second kappa shape index (κ2) is 8.05. The molecule has 1 fully saturated rings. The number of nitrogens with one attached hydrogen (secondary N) is 2. The molecule has 5 heteroatoms. The Morgan fingerprint density at radius 3 is 2.46 bits per heavy atom. The van der Waals surface area contributed by atoms with Crippen LogP contribution in [0.25, 0.3) is 0 Å². The van der Waals surface area contributed by atoms with Gasteiger partial charge in [-0.05, 0) is 48.2 Å². The molecule has 0 saturated heterocycles. The SMILES string of the molecule is CN=C(NCc1ccc(N2CC=CC2)cc1)NCC1(c2cccc(F)c2)CC1. The average Bonchev–Trinajstić information content (AvgIpc) is 3.32. The van der Waals surface area contributed by atoms with Crippen molar-refractivity contribution < 1.29 is 4.39 Å². The second-order valence-corrected chi connectivity index (χ2v) is 7.61. The van der Waals surface area contributed by atoms with Gasteiger partial charge in [0.1, 0.15) is 5.82 Å². The molecule has 2 aromatic carbocycles. The molecule has 0 unspecified atom stereocenters. The summed E-state index contributed by atoms with van der Waals surface area (Å²) in [7, 11) is 1.78. The summed E-state index contributed by atoms with van der Waals surface area (Å²) in [6, 6.07) is 15.6. The number of guanidine groups is 1. The highest BCUT2D eigenvalue weighted by molar-refractivity contribution is 5.79. The average molecular weight is 378 g/mol. The molecule has 0 bridgehead atoms. The van der Waals surface area contributed by atoms with Gasteiger partial charge in [0.05, 0.1) is 0 Å². The van der Waals surface area contributed by atoms with Crippen LogP contribution in [0.2, 0.25) is 0 Å². The van der Waals surface area contributed by atoms with Crippen molar-refractivity contribution in [1.29, 1.82) is 0 Å². The minimum atomic E-state index is -0.167. The summed E-state index contributed by atoms with van der Waals surface area (Å²) in [5.74, 6) is 0.606. The van der Waals surface area contributed by atoms with Gasteiger partial charge in [0, 0.05) is 44.3 Å². The number of rotatable bonds is 6. The summed E-state index contributed by atoms with van der Waals surface area (Å²) in [5.41, 5.74) is 3.57. The number of nitrogens with zero attached hydrogens (tertiary/aromatic N) is 2. The van der Waals surface area contributed by atoms with Gasteiger partial charge in [-0.1, -0.05) is 36.4 Å². The molecule has 0 atom stereocenters. The number of aliphatic imine (C=N–C) groups is 1. The molecular weight excluding hydrogens is 351 g/mol. The van der Waals surface area contributed by atoms with Crippen LogP contribution in [-0.4, -0.2) is 32.6 Å². The second-order valence-electron chi connectivity index (χ2n) is 7.61. The Balaban J connectivity index is 1.29. The van der Waals surface area contributed by atoms with Gasteiger partial charge in [0.15, 0.2) is 5.96 Å². The van der Waals surface area contributed by atoms with Gasteiger partial charge in [-0.15, -0.1) is 0 Å². The van der Waals surface area contributed by atoms with Crippen LogP contribution in [0.15, 0.2) is 65.7 Å². The molecular formula is C23H27FN4. The van der Waals surface area contributed by atoms with Crippen LogP contribution in [0, 0.1) is 5.82 Å². The topological polar surface area (TPSA) is 39.7 Å². The molecule has 2 aliphatic rings. The molecule has 4 rings (SSSR count). The molecule has 0 aromatic heterocycles. The van der Waals surface area contributed by atoms with Crippen molar-refractivity contribution in [2.45, 2.75) is 24.8 Å². The molecule has 4 nitrogen and oxygen atoms in total. The van der Waals surface area contributed by atoms with E-state index >= 15 is 0 Å². The molecule has 0 radical (unpaired) electrons. The van der Waals surface area contributed by atoms with Crippen molar-refractivity contribution in [1.82, 2.24) is 10.6 Å². The zero-order chi connectivity index (χ0) is 19.4. The Kier molecular flexibility index (Phi) is 5.33. The summed E-state index contributed by atoms with van der Waals surface area (Å²) in [6.07, 6.45) is 6.55. The van der Waals surface area contributed by atoms with Crippen LogP contribution in [-0.2, 0) is 12.0 Å². The highest BCUT2D eigenvalue weighted by atomic mass is 19.1. The fourth-order valence-electron chi connectivity index (χ4n) is 3.71. The van der Waals surface area contributed by atoms with E-state index in [0.29, 0.717) is 6.54 Å². The Labute approximate surface area is 166 Å². The molecule has 0 spiro atoms. The molecule has 28 heavy (non-hydrogen) atoms. The third kappa shape index (κ3) is 4.19. The van der Waals surface area contributed by atoms with Crippen LogP contribution in [0.1, 0.15) is 24.0 Å². The first-order chi connectivity index (χ1) is 13.7. The molecule has 146 valence electrons. The first-order valence-electron chi connectivity index (χ1n) is 9.88. The van der Waals surface area contributed by atoms with Gasteiger partial charge in [0.25, 0.3) is 0 Å². The molecule has 2 aromatic rings. The lowest BCUT2D eigenvalue weighted by Crippen LogP contribution is -2.40. The van der Waals surface area contributed by atoms with Crippen molar-refractivity contribution in [3.63, 3.8) is 0 Å². The summed E-state index contributed by atoms with van der Waals surface area (Å²) in [6.45, 7) is 3.45. The zero-order valence-corrected chi connectivity index (χ0v) is 16.3. The van der Waals surface area contributed by atoms with Crippen molar-refractivity contribution in [2.24, 2.45) is 4.99 Å². The maximum atomic E-state index is 13.6. The van der Waals surface area contributed by atoms with Gasteiger partial charge in [0.2, 0.25) is 0 Å². The van der Waals surface area contributed by atoms with Crippen molar-refractivity contribution in [3.05, 3.63) is 77.6 Å². The summed E-state index contributed by atoms with van der Waals surface area (Å²) in [5, 5.41) is 6.79. The van der Waals surface area contributed by atoms with E-state index in [1.165, 1.54) is 17.3 Å². The highest BCUT2D eigenvalue weighted by Gasteiger charge is 2.44. The van der Waals surface area contributed by atoms with Crippen LogP contribution in [0.4, 0.5) is 10.1 Å². The molecule has 2 N–H and O–H groups in total. The molecule has 1 aliphatic heterocycles. The van der Waals surface area contributed by atoms with E-state index < -0.39 is 0 Å². The predicted octanol–water partition coefficient (Wildman–Crippen LogP) is 3.60. The van der Waals surface area contributed by atoms with E-state index in [1.807, 2.05) is 6.07 Å². The summed E-state index contributed by atoms with van der Waals surface area (Å²) in [4.78, 5) is 6.66. The van der Waals surface area contributed by atoms with Gasteiger partial charge in [-0.3, -0.25) is 4.99 Å². The first-order valence-corrected chi connectivity index (χ1v) is 9.88. The smallest absolute Gasteiger partial charge is 0.191 e. The van der Waals surface area contributed by atoms with E-state index in [4.69, 9.17) is 0 Å². The Hall–Kier alpha value is -2.82. The van der Waals surface area contributed by atoms with Gasteiger partial charge in [-0.25, -0.2) is 4.39 Å². The minimum absolute atomic E-state index is 0.0329. The van der Waals surface area contributed by atoms with E-state index in [1.54, 1.807) is 19.2 Å².